The molecule has 4 heteroatoms. The summed E-state index contributed by atoms with van der Waals surface area (Å²) in [6, 6.07) is 0. The lowest BCUT2D eigenvalue weighted by atomic mass is 9.79. The first-order valence-electron chi connectivity index (χ1n) is 7.94. The molecule has 0 saturated heterocycles. The predicted molar refractivity (Wildman–Crippen MR) is 79.2 cm³/mol. The van der Waals surface area contributed by atoms with Gasteiger partial charge in [-0.05, 0) is 43.4 Å². The summed E-state index contributed by atoms with van der Waals surface area (Å²) in [5, 5.41) is 37.4. The summed E-state index contributed by atoms with van der Waals surface area (Å²) in [4.78, 5) is 0. The van der Waals surface area contributed by atoms with Gasteiger partial charge in [-0.15, -0.1) is 0 Å². The average molecular weight is 288 g/mol. The minimum absolute atomic E-state index is 0.0659. The molecule has 20 heavy (non-hydrogen) atoms. The topological polar surface area (TPSA) is 80.9 Å². The highest BCUT2D eigenvalue weighted by atomic mass is 16.3. The molecule has 4 atom stereocenters. The lowest BCUT2D eigenvalue weighted by molar-refractivity contribution is -0.0331. The van der Waals surface area contributed by atoms with Crippen LogP contribution in [0, 0.1) is 23.7 Å². The van der Waals surface area contributed by atoms with Crippen LogP contribution in [0.1, 0.15) is 53.4 Å². The fraction of sp³-hybridized carbons (Fsp3) is 1.00. The minimum atomic E-state index is -0.293. The highest BCUT2D eigenvalue weighted by Gasteiger charge is 2.31. The molecule has 2 saturated carbocycles. The summed E-state index contributed by atoms with van der Waals surface area (Å²) in [5.74, 6) is 1.06. The number of aliphatic hydroxyl groups excluding tert-OH is 4. The maximum absolute atomic E-state index is 9.45. The Kier molecular flexibility index (Phi) is 6.92. The van der Waals surface area contributed by atoms with Crippen molar-refractivity contribution >= 4 is 0 Å². The Morgan fingerprint density at radius 1 is 0.650 bits per heavy atom. The van der Waals surface area contributed by atoms with Crippen LogP contribution >= 0.6 is 0 Å². The normalized spacial score (nSPS) is 49.2. The third-order valence-corrected chi connectivity index (χ3v) is 4.96. The molecule has 0 spiro atoms. The maximum Gasteiger partial charge on any atom is 0.0593 e. The fourth-order valence-corrected chi connectivity index (χ4v) is 3.40. The molecule has 0 heterocycles. The van der Waals surface area contributed by atoms with Crippen LogP contribution in [0.2, 0.25) is 0 Å². The van der Waals surface area contributed by atoms with Crippen LogP contribution in [0.5, 0.6) is 0 Å². The third kappa shape index (κ3) is 4.99. The van der Waals surface area contributed by atoms with Gasteiger partial charge in [-0.25, -0.2) is 0 Å². The zero-order chi connectivity index (χ0) is 15.4. The van der Waals surface area contributed by atoms with Gasteiger partial charge in [0.15, 0.2) is 0 Å². The van der Waals surface area contributed by atoms with E-state index in [2.05, 4.69) is 6.92 Å². The molecule has 0 bridgehead atoms. The summed E-state index contributed by atoms with van der Waals surface area (Å²) in [5.41, 5.74) is 0. The van der Waals surface area contributed by atoms with Crippen molar-refractivity contribution < 1.29 is 20.4 Å². The van der Waals surface area contributed by atoms with Gasteiger partial charge in [0.05, 0.1) is 24.4 Å². The van der Waals surface area contributed by atoms with Crippen LogP contribution in [-0.4, -0.2) is 44.8 Å². The van der Waals surface area contributed by atoms with E-state index in [4.69, 9.17) is 0 Å². The number of aliphatic hydroxyl groups is 4. The van der Waals surface area contributed by atoms with E-state index in [0.717, 1.165) is 25.7 Å². The molecule has 4 unspecified atom stereocenters. The molecule has 0 aromatic carbocycles. The Hall–Kier alpha value is -0.160. The van der Waals surface area contributed by atoms with Gasteiger partial charge in [0.1, 0.15) is 0 Å². The summed E-state index contributed by atoms with van der Waals surface area (Å²) in [7, 11) is 0. The quantitative estimate of drug-likeness (QED) is 0.545. The summed E-state index contributed by atoms with van der Waals surface area (Å²) in [6.07, 6.45) is 2.22. The maximum atomic E-state index is 9.45. The van der Waals surface area contributed by atoms with Crippen molar-refractivity contribution in [3.8, 4) is 0 Å². The first kappa shape index (κ1) is 17.9. The van der Waals surface area contributed by atoms with E-state index in [9.17, 15) is 20.4 Å². The molecular weight excluding hydrogens is 256 g/mol. The van der Waals surface area contributed by atoms with E-state index in [1.54, 1.807) is 0 Å². The van der Waals surface area contributed by atoms with Gasteiger partial charge < -0.3 is 20.4 Å². The second kappa shape index (κ2) is 7.74. The zero-order valence-electron chi connectivity index (χ0n) is 13.2. The van der Waals surface area contributed by atoms with Crippen molar-refractivity contribution in [2.75, 3.05) is 0 Å². The minimum Gasteiger partial charge on any atom is -0.393 e. The molecule has 120 valence electrons. The van der Waals surface area contributed by atoms with Gasteiger partial charge >= 0.3 is 0 Å². The predicted octanol–water partition coefficient (Wildman–Crippen LogP) is 1.55. The lowest BCUT2D eigenvalue weighted by Gasteiger charge is -2.33. The second-order valence-corrected chi connectivity index (χ2v) is 7.14. The van der Waals surface area contributed by atoms with Gasteiger partial charge in [-0.3, -0.25) is 0 Å². The highest BCUT2D eigenvalue weighted by Crippen LogP contribution is 2.29. The van der Waals surface area contributed by atoms with Crippen molar-refractivity contribution in [1.29, 1.82) is 0 Å². The fourth-order valence-electron chi connectivity index (χ4n) is 3.40. The molecule has 4 nitrogen and oxygen atoms in total. The van der Waals surface area contributed by atoms with Gasteiger partial charge in [0, 0.05) is 5.92 Å². The summed E-state index contributed by atoms with van der Waals surface area (Å²) >= 11 is 0. The summed E-state index contributed by atoms with van der Waals surface area (Å²) in [6.45, 7) is 7.95. The van der Waals surface area contributed by atoms with E-state index in [1.807, 2.05) is 20.8 Å². The third-order valence-electron chi connectivity index (χ3n) is 4.96. The van der Waals surface area contributed by atoms with Crippen molar-refractivity contribution in [3.05, 3.63) is 0 Å². The van der Waals surface area contributed by atoms with Crippen LogP contribution < -0.4 is 0 Å². The number of hydrogen-bond donors (Lipinski definition) is 4. The van der Waals surface area contributed by atoms with Crippen LogP contribution in [-0.2, 0) is 0 Å². The van der Waals surface area contributed by atoms with Crippen LogP contribution in [0.15, 0.2) is 0 Å². The Balaban J connectivity index is 0.000000200. The largest absolute Gasteiger partial charge is 0.393 e. The van der Waals surface area contributed by atoms with Crippen molar-refractivity contribution in [2.45, 2.75) is 77.8 Å². The molecule has 4 N–H and O–H groups in total. The van der Waals surface area contributed by atoms with Crippen LogP contribution in [0.25, 0.3) is 0 Å². The first-order chi connectivity index (χ1) is 9.22. The van der Waals surface area contributed by atoms with Gasteiger partial charge in [0.2, 0.25) is 0 Å². The Bertz CT molecular complexity index is 232. The molecule has 0 aromatic heterocycles. The summed E-state index contributed by atoms with van der Waals surface area (Å²) < 4.78 is 0. The molecule has 0 aliphatic heterocycles. The molecule has 2 fully saturated rings. The van der Waals surface area contributed by atoms with Crippen LogP contribution in [0.4, 0.5) is 0 Å². The standard InChI is InChI=1S/2C8H16O2/c1-5-3-7(9)4-6(2)8(5)10;1-5-3-7(9)6(2)8(10)4-5/h2*5-10H,3-4H2,1-2H3. The van der Waals surface area contributed by atoms with E-state index in [0.29, 0.717) is 5.92 Å². The molecule has 0 amide bonds. The van der Waals surface area contributed by atoms with Gasteiger partial charge in [0.25, 0.3) is 0 Å². The molecule has 2 aliphatic rings. The zero-order valence-corrected chi connectivity index (χ0v) is 13.2. The Labute approximate surface area is 122 Å². The highest BCUT2D eigenvalue weighted by molar-refractivity contribution is 4.82. The van der Waals surface area contributed by atoms with E-state index >= 15 is 0 Å². The monoisotopic (exact) mass is 288 g/mol. The van der Waals surface area contributed by atoms with Gasteiger partial charge in [-0.2, -0.15) is 0 Å². The smallest absolute Gasteiger partial charge is 0.0593 e. The van der Waals surface area contributed by atoms with Crippen molar-refractivity contribution in [1.82, 2.24) is 0 Å². The SMILES string of the molecule is CC1CC(O)C(C)C(O)C1.CC1CC(O)CC(C)C1O. The van der Waals surface area contributed by atoms with Crippen molar-refractivity contribution in [2.24, 2.45) is 23.7 Å². The lowest BCUT2D eigenvalue weighted by Crippen LogP contribution is -2.37. The molecule has 2 aliphatic carbocycles. The average Bonchev–Trinajstić information content (AvgIpc) is 2.33. The molecule has 0 aromatic rings. The molecular formula is C16H32O4. The first-order valence-corrected chi connectivity index (χ1v) is 7.94. The second-order valence-electron chi connectivity index (χ2n) is 7.14. The van der Waals surface area contributed by atoms with Gasteiger partial charge in [-0.1, -0.05) is 27.7 Å². The number of rotatable bonds is 0. The van der Waals surface area contributed by atoms with Crippen LogP contribution in [0.3, 0.4) is 0 Å². The van der Waals surface area contributed by atoms with Crippen molar-refractivity contribution in [3.63, 3.8) is 0 Å². The molecule has 0 radical (unpaired) electrons. The Morgan fingerprint density at radius 3 is 1.45 bits per heavy atom. The number of hydrogen-bond acceptors (Lipinski definition) is 4. The van der Waals surface area contributed by atoms with E-state index in [1.165, 1.54) is 0 Å². The Morgan fingerprint density at radius 2 is 1.05 bits per heavy atom. The van der Waals surface area contributed by atoms with E-state index < -0.39 is 0 Å². The molecule has 2 rings (SSSR count). The van der Waals surface area contributed by atoms with E-state index in [-0.39, 0.29) is 42.2 Å².